The second-order valence-electron chi connectivity index (χ2n) is 4.46. The van der Waals surface area contributed by atoms with Gasteiger partial charge in [0.05, 0.1) is 23.4 Å². The van der Waals surface area contributed by atoms with Crippen molar-refractivity contribution in [1.82, 2.24) is 15.4 Å². The van der Waals surface area contributed by atoms with Crippen LogP contribution in [0.5, 0.6) is 0 Å². The van der Waals surface area contributed by atoms with E-state index >= 15 is 0 Å². The van der Waals surface area contributed by atoms with E-state index in [9.17, 15) is 4.39 Å². The first-order chi connectivity index (χ1) is 9.78. The lowest BCUT2D eigenvalue weighted by Gasteiger charge is -2.16. The molecule has 20 heavy (non-hydrogen) atoms. The molecule has 0 radical (unpaired) electrons. The molecule has 5 heteroatoms. The van der Waals surface area contributed by atoms with Gasteiger partial charge in [-0.3, -0.25) is 15.8 Å². The minimum Gasteiger partial charge on any atom is -0.271 e. The standard InChI is InChI=1S/C15H13FN4/c16-12-5-6-14(19-9-12)15(20-17)11-7-10-3-1-2-4-13(10)18-8-11/h1-9,15,20H,17H2. The summed E-state index contributed by atoms with van der Waals surface area (Å²) < 4.78 is 12.9. The van der Waals surface area contributed by atoms with Gasteiger partial charge in [0.1, 0.15) is 5.82 Å². The molecular weight excluding hydrogens is 255 g/mol. The van der Waals surface area contributed by atoms with Gasteiger partial charge >= 0.3 is 0 Å². The second-order valence-corrected chi connectivity index (χ2v) is 4.46. The number of hydrazine groups is 1. The summed E-state index contributed by atoms with van der Waals surface area (Å²) in [5.41, 5.74) is 5.13. The Bertz CT molecular complexity index is 727. The molecule has 0 saturated carbocycles. The molecule has 2 heterocycles. The predicted octanol–water partition coefficient (Wildman–Crippen LogP) is 2.32. The third kappa shape index (κ3) is 2.36. The maximum Gasteiger partial charge on any atom is 0.141 e. The topological polar surface area (TPSA) is 63.8 Å². The molecule has 0 spiro atoms. The van der Waals surface area contributed by atoms with Crippen LogP contribution in [0, 0.1) is 5.82 Å². The van der Waals surface area contributed by atoms with Crippen LogP contribution in [0.2, 0.25) is 0 Å². The Morgan fingerprint density at radius 3 is 2.65 bits per heavy atom. The summed E-state index contributed by atoms with van der Waals surface area (Å²) in [6.45, 7) is 0. The highest BCUT2D eigenvalue weighted by Crippen LogP contribution is 2.22. The van der Waals surface area contributed by atoms with E-state index in [0.717, 1.165) is 16.5 Å². The summed E-state index contributed by atoms with van der Waals surface area (Å²) in [7, 11) is 0. The van der Waals surface area contributed by atoms with Crippen LogP contribution in [0.25, 0.3) is 10.9 Å². The third-order valence-electron chi connectivity index (χ3n) is 3.16. The fraction of sp³-hybridized carbons (Fsp3) is 0.0667. The van der Waals surface area contributed by atoms with Crippen LogP contribution in [0.3, 0.4) is 0 Å². The number of rotatable bonds is 3. The fourth-order valence-electron chi connectivity index (χ4n) is 2.16. The largest absolute Gasteiger partial charge is 0.271 e. The number of fused-ring (bicyclic) bond motifs is 1. The van der Waals surface area contributed by atoms with E-state index in [0.29, 0.717) is 5.69 Å². The van der Waals surface area contributed by atoms with Crippen molar-refractivity contribution in [3.63, 3.8) is 0 Å². The normalized spacial score (nSPS) is 12.5. The molecule has 0 aliphatic rings. The molecule has 3 rings (SSSR count). The third-order valence-corrected chi connectivity index (χ3v) is 3.16. The number of pyridine rings is 2. The summed E-state index contributed by atoms with van der Waals surface area (Å²) in [6.07, 6.45) is 2.92. The van der Waals surface area contributed by atoms with E-state index < -0.39 is 0 Å². The Morgan fingerprint density at radius 1 is 1.05 bits per heavy atom. The average Bonchev–Trinajstić information content (AvgIpc) is 2.50. The van der Waals surface area contributed by atoms with Crippen LogP contribution in [0.4, 0.5) is 4.39 Å². The fourth-order valence-corrected chi connectivity index (χ4v) is 2.16. The summed E-state index contributed by atoms with van der Waals surface area (Å²) in [5.74, 6) is 5.23. The van der Waals surface area contributed by atoms with Crippen molar-refractivity contribution in [2.24, 2.45) is 5.84 Å². The highest BCUT2D eigenvalue weighted by atomic mass is 19.1. The number of para-hydroxylation sites is 1. The van der Waals surface area contributed by atoms with Crippen LogP contribution in [-0.2, 0) is 0 Å². The number of hydrogen-bond acceptors (Lipinski definition) is 4. The molecule has 0 aliphatic carbocycles. The monoisotopic (exact) mass is 268 g/mol. The Kier molecular flexibility index (Phi) is 3.37. The van der Waals surface area contributed by atoms with E-state index in [2.05, 4.69) is 15.4 Å². The van der Waals surface area contributed by atoms with Gasteiger partial charge < -0.3 is 0 Å². The molecule has 0 fully saturated rings. The Labute approximate surface area is 115 Å². The van der Waals surface area contributed by atoms with Crippen molar-refractivity contribution in [3.05, 3.63) is 71.9 Å². The second kappa shape index (κ2) is 5.32. The number of aromatic nitrogens is 2. The minimum absolute atomic E-state index is 0.326. The molecule has 0 saturated heterocycles. The summed E-state index contributed by atoms with van der Waals surface area (Å²) in [4.78, 5) is 8.46. The Hall–Kier alpha value is -2.37. The van der Waals surface area contributed by atoms with Gasteiger partial charge in [-0.2, -0.15) is 0 Å². The molecule has 1 unspecified atom stereocenters. The number of halogens is 1. The van der Waals surface area contributed by atoms with E-state index in [4.69, 9.17) is 5.84 Å². The summed E-state index contributed by atoms with van der Waals surface area (Å²) in [5, 5.41) is 1.02. The van der Waals surface area contributed by atoms with Gasteiger partial charge in [0, 0.05) is 11.6 Å². The maximum absolute atomic E-state index is 12.9. The van der Waals surface area contributed by atoms with Crippen LogP contribution in [0.1, 0.15) is 17.3 Å². The van der Waals surface area contributed by atoms with Crippen molar-refractivity contribution in [2.75, 3.05) is 0 Å². The van der Waals surface area contributed by atoms with Crippen LogP contribution >= 0.6 is 0 Å². The van der Waals surface area contributed by atoms with E-state index in [-0.39, 0.29) is 11.9 Å². The Balaban J connectivity index is 2.04. The van der Waals surface area contributed by atoms with E-state index in [1.54, 1.807) is 12.3 Å². The van der Waals surface area contributed by atoms with Gasteiger partial charge in [0.25, 0.3) is 0 Å². The van der Waals surface area contributed by atoms with Crippen LogP contribution in [0.15, 0.2) is 54.9 Å². The lowest BCUT2D eigenvalue weighted by Crippen LogP contribution is -2.29. The maximum atomic E-state index is 12.9. The lowest BCUT2D eigenvalue weighted by atomic mass is 10.0. The number of nitrogens with zero attached hydrogens (tertiary/aromatic N) is 2. The van der Waals surface area contributed by atoms with Crippen molar-refractivity contribution in [3.8, 4) is 0 Å². The first-order valence-electron chi connectivity index (χ1n) is 6.20. The minimum atomic E-state index is -0.374. The van der Waals surface area contributed by atoms with E-state index in [1.807, 2.05) is 30.3 Å². The van der Waals surface area contributed by atoms with Crippen LogP contribution < -0.4 is 11.3 Å². The summed E-state index contributed by atoms with van der Waals surface area (Å²) in [6, 6.07) is 12.5. The van der Waals surface area contributed by atoms with Crippen LogP contribution in [-0.4, -0.2) is 9.97 Å². The molecule has 2 aromatic heterocycles. The van der Waals surface area contributed by atoms with Crippen molar-refractivity contribution >= 4 is 10.9 Å². The number of nitrogens with one attached hydrogen (secondary N) is 1. The van der Waals surface area contributed by atoms with Gasteiger partial charge in [-0.05, 0) is 29.8 Å². The van der Waals surface area contributed by atoms with E-state index in [1.165, 1.54) is 12.3 Å². The molecule has 0 aliphatic heterocycles. The zero-order valence-corrected chi connectivity index (χ0v) is 10.6. The molecular formula is C15H13FN4. The first-order valence-corrected chi connectivity index (χ1v) is 6.20. The van der Waals surface area contributed by atoms with Gasteiger partial charge in [-0.15, -0.1) is 0 Å². The number of nitrogens with two attached hydrogens (primary N) is 1. The van der Waals surface area contributed by atoms with Crippen molar-refractivity contribution < 1.29 is 4.39 Å². The average molecular weight is 268 g/mol. The molecule has 0 amide bonds. The number of benzene rings is 1. The molecule has 4 nitrogen and oxygen atoms in total. The van der Waals surface area contributed by atoms with Gasteiger partial charge in [-0.25, -0.2) is 9.82 Å². The van der Waals surface area contributed by atoms with Gasteiger partial charge in [0.2, 0.25) is 0 Å². The molecule has 3 aromatic rings. The zero-order chi connectivity index (χ0) is 13.9. The quantitative estimate of drug-likeness (QED) is 0.565. The smallest absolute Gasteiger partial charge is 0.141 e. The molecule has 1 aromatic carbocycles. The predicted molar refractivity (Wildman–Crippen MR) is 75.1 cm³/mol. The summed E-state index contributed by atoms with van der Waals surface area (Å²) >= 11 is 0. The molecule has 100 valence electrons. The Morgan fingerprint density at radius 2 is 1.90 bits per heavy atom. The van der Waals surface area contributed by atoms with Crippen molar-refractivity contribution in [2.45, 2.75) is 6.04 Å². The molecule has 3 N–H and O–H groups in total. The highest BCUT2D eigenvalue weighted by molar-refractivity contribution is 5.78. The highest BCUT2D eigenvalue weighted by Gasteiger charge is 2.14. The van der Waals surface area contributed by atoms with Crippen molar-refractivity contribution in [1.29, 1.82) is 0 Å². The zero-order valence-electron chi connectivity index (χ0n) is 10.6. The van der Waals surface area contributed by atoms with Gasteiger partial charge in [0.15, 0.2) is 0 Å². The molecule has 0 bridgehead atoms. The number of hydrogen-bond donors (Lipinski definition) is 2. The first kappa shape index (κ1) is 12.7. The lowest BCUT2D eigenvalue weighted by molar-refractivity contribution is 0.596. The van der Waals surface area contributed by atoms with Gasteiger partial charge in [-0.1, -0.05) is 18.2 Å². The SMILES string of the molecule is NNC(c1cnc2ccccc2c1)c1ccc(F)cn1. The molecule has 1 atom stereocenters.